The highest BCUT2D eigenvalue weighted by molar-refractivity contribution is 5.91. The monoisotopic (exact) mass is 421 g/mol. The molecule has 0 unspecified atom stereocenters. The Kier molecular flexibility index (Phi) is 7.45. The van der Waals surface area contributed by atoms with Crippen molar-refractivity contribution in [3.8, 4) is 0 Å². The molecule has 6 nitrogen and oxygen atoms in total. The van der Waals surface area contributed by atoms with Crippen LogP contribution in [0.2, 0.25) is 0 Å². The molecular weight excluding hydrogens is 390 g/mol. The van der Waals surface area contributed by atoms with Crippen molar-refractivity contribution in [1.82, 2.24) is 9.13 Å². The Hall–Kier alpha value is -3.15. The lowest BCUT2D eigenvalue weighted by Gasteiger charge is -2.15. The number of amides is 1. The number of anilines is 1. The number of unbranched alkanes of at least 4 members (excludes halogenated alkanes) is 1. The lowest BCUT2D eigenvalue weighted by molar-refractivity contribution is -0.116. The van der Waals surface area contributed by atoms with E-state index in [1.54, 1.807) is 24.3 Å². The summed E-state index contributed by atoms with van der Waals surface area (Å²) in [7, 11) is 0. The predicted molar refractivity (Wildman–Crippen MR) is 126 cm³/mol. The van der Waals surface area contributed by atoms with Crippen LogP contribution in [0.4, 0.5) is 5.69 Å². The van der Waals surface area contributed by atoms with Crippen molar-refractivity contribution < 1.29 is 4.79 Å². The molecule has 1 heterocycles. The second kappa shape index (κ2) is 10.2. The number of rotatable bonds is 9. The Morgan fingerprint density at radius 2 is 1.71 bits per heavy atom. The summed E-state index contributed by atoms with van der Waals surface area (Å²) in [6, 6.07) is 14.7. The minimum Gasteiger partial charge on any atom is -0.325 e. The summed E-state index contributed by atoms with van der Waals surface area (Å²) in [5.74, 6) is 0.0532. The van der Waals surface area contributed by atoms with Gasteiger partial charge in [0.05, 0.1) is 10.9 Å². The van der Waals surface area contributed by atoms with Crippen molar-refractivity contribution in [3.63, 3.8) is 0 Å². The molecular formula is C25H31N3O3. The van der Waals surface area contributed by atoms with Crippen molar-refractivity contribution in [1.29, 1.82) is 0 Å². The topological polar surface area (TPSA) is 73.1 Å². The minimum atomic E-state index is -0.450. The fraction of sp³-hybridized carbons (Fsp3) is 0.400. The van der Waals surface area contributed by atoms with E-state index in [4.69, 9.17) is 0 Å². The van der Waals surface area contributed by atoms with Gasteiger partial charge in [-0.25, -0.2) is 4.79 Å². The number of carbonyl (C=O) groups is 1. The Balaban J connectivity index is 1.87. The molecule has 6 heteroatoms. The van der Waals surface area contributed by atoms with Gasteiger partial charge in [-0.1, -0.05) is 51.5 Å². The molecule has 1 N–H and O–H groups in total. The fourth-order valence-corrected chi connectivity index (χ4v) is 3.59. The first-order valence-corrected chi connectivity index (χ1v) is 11.0. The van der Waals surface area contributed by atoms with Crippen LogP contribution in [0.5, 0.6) is 0 Å². The number of para-hydroxylation sites is 1. The maximum absolute atomic E-state index is 13.1. The summed E-state index contributed by atoms with van der Waals surface area (Å²) in [5.41, 5.74) is 1.65. The van der Waals surface area contributed by atoms with Gasteiger partial charge in [-0.05, 0) is 55.0 Å². The molecule has 3 rings (SSSR count). The lowest BCUT2D eigenvalue weighted by atomic mass is 10.1. The van der Waals surface area contributed by atoms with Gasteiger partial charge >= 0.3 is 5.69 Å². The van der Waals surface area contributed by atoms with E-state index in [0.29, 0.717) is 35.5 Å². The highest BCUT2D eigenvalue weighted by atomic mass is 16.2. The van der Waals surface area contributed by atoms with Gasteiger partial charge in [-0.15, -0.1) is 0 Å². The van der Waals surface area contributed by atoms with Crippen LogP contribution in [-0.4, -0.2) is 15.0 Å². The van der Waals surface area contributed by atoms with E-state index in [1.165, 1.54) is 14.7 Å². The van der Waals surface area contributed by atoms with Crippen molar-refractivity contribution in [2.24, 2.45) is 5.92 Å². The number of hydrogen-bond acceptors (Lipinski definition) is 3. The summed E-state index contributed by atoms with van der Waals surface area (Å²) in [6.45, 7) is 6.43. The first kappa shape index (κ1) is 22.5. The molecule has 0 aliphatic rings. The summed E-state index contributed by atoms with van der Waals surface area (Å²) in [5, 5.41) is 3.31. The van der Waals surface area contributed by atoms with Crippen molar-refractivity contribution >= 4 is 22.5 Å². The van der Waals surface area contributed by atoms with Crippen molar-refractivity contribution in [3.05, 3.63) is 74.9 Å². The summed E-state index contributed by atoms with van der Waals surface area (Å²) in [4.78, 5) is 38.7. The number of aromatic nitrogens is 2. The third-order valence-electron chi connectivity index (χ3n) is 5.42. The van der Waals surface area contributed by atoms with Crippen molar-refractivity contribution in [2.75, 3.05) is 5.32 Å². The second-order valence-electron chi connectivity index (χ2n) is 8.37. The van der Waals surface area contributed by atoms with Crippen LogP contribution in [0.25, 0.3) is 10.9 Å². The van der Waals surface area contributed by atoms with Crippen LogP contribution in [0, 0.1) is 5.92 Å². The van der Waals surface area contributed by atoms with Gasteiger partial charge in [-0.3, -0.25) is 18.7 Å². The van der Waals surface area contributed by atoms with Crippen LogP contribution < -0.4 is 16.6 Å². The molecule has 1 aromatic heterocycles. The first-order chi connectivity index (χ1) is 14.9. The zero-order valence-corrected chi connectivity index (χ0v) is 18.6. The van der Waals surface area contributed by atoms with Crippen LogP contribution in [-0.2, 0) is 24.3 Å². The molecule has 31 heavy (non-hydrogen) atoms. The molecule has 0 saturated heterocycles. The van der Waals surface area contributed by atoms with Gasteiger partial charge in [0.25, 0.3) is 5.56 Å². The molecule has 0 bridgehead atoms. The molecule has 1 amide bonds. The lowest BCUT2D eigenvalue weighted by Crippen LogP contribution is -2.42. The van der Waals surface area contributed by atoms with Gasteiger partial charge in [0.15, 0.2) is 0 Å². The highest BCUT2D eigenvalue weighted by Gasteiger charge is 2.15. The van der Waals surface area contributed by atoms with E-state index < -0.39 is 5.69 Å². The Labute approximate surface area is 182 Å². The number of carbonyl (C=O) groups excluding carboxylic acids is 1. The molecule has 0 atom stereocenters. The third-order valence-corrected chi connectivity index (χ3v) is 5.42. The molecule has 164 valence electrons. The third kappa shape index (κ3) is 5.51. The maximum Gasteiger partial charge on any atom is 0.331 e. The van der Waals surface area contributed by atoms with Crippen LogP contribution in [0.3, 0.4) is 0 Å². The summed E-state index contributed by atoms with van der Waals surface area (Å²) >= 11 is 0. The number of benzene rings is 2. The SMILES string of the molecule is CCCCc1ccc(NC(=O)Cn2c(=O)n(CCC(C)C)c(=O)c3ccccc32)cc1. The number of aryl methyl sites for hydroxylation is 1. The van der Waals surface area contributed by atoms with Crippen molar-refractivity contribution in [2.45, 2.75) is 59.5 Å². The Morgan fingerprint density at radius 1 is 1.00 bits per heavy atom. The van der Waals surface area contributed by atoms with Gasteiger partial charge in [0.1, 0.15) is 6.54 Å². The molecule has 0 aliphatic carbocycles. The van der Waals surface area contributed by atoms with Crippen LogP contribution in [0.1, 0.15) is 45.6 Å². The smallest absolute Gasteiger partial charge is 0.325 e. The predicted octanol–water partition coefficient (Wildman–Crippen LogP) is 4.19. The van der Waals surface area contributed by atoms with E-state index in [1.807, 2.05) is 38.1 Å². The number of fused-ring (bicyclic) bond motifs is 1. The summed E-state index contributed by atoms with van der Waals surface area (Å²) < 4.78 is 2.64. The van der Waals surface area contributed by atoms with Gasteiger partial charge in [0.2, 0.25) is 5.91 Å². The quantitative estimate of drug-likeness (QED) is 0.563. The number of nitrogens with zero attached hydrogens (tertiary/aromatic N) is 2. The van der Waals surface area contributed by atoms with Gasteiger partial charge in [0, 0.05) is 12.2 Å². The maximum atomic E-state index is 13.1. The van der Waals surface area contributed by atoms with Gasteiger partial charge < -0.3 is 5.32 Å². The number of hydrogen-bond donors (Lipinski definition) is 1. The number of nitrogens with one attached hydrogen (secondary N) is 1. The van der Waals surface area contributed by atoms with E-state index in [9.17, 15) is 14.4 Å². The van der Waals surface area contributed by atoms with Crippen LogP contribution >= 0.6 is 0 Å². The molecule has 0 fully saturated rings. The summed E-state index contributed by atoms with van der Waals surface area (Å²) in [6.07, 6.45) is 4.00. The van der Waals surface area contributed by atoms with E-state index in [-0.39, 0.29) is 18.0 Å². The molecule has 0 spiro atoms. The first-order valence-electron chi connectivity index (χ1n) is 11.0. The second-order valence-corrected chi connectivity index (χ2v) is 8.37. The molecule has 0 radical (unpaired) electrons. The van der Waals surface area contributed by atoms with E-state index in [2.05, 4.69) is 12.2 Å². The molecule has 0 saturated carbocycles. The normalized spacial score (nSPS) is 11.2. The molecule has 0 aliphatic heterocycles. The zero-order valence-electron chi connectivity index (χ0n) is 18.6. The fourth-order valence-electron chi connectivity index (χ4n) is 3.59. The highest BCUT2D eigenvalue weighted by Crippen LogP contribution is 2.13. The van der Waals surface area contributed by atoms with Crippen LogP contribution in [0.15, 0.2) is 58.1 Å². The van der Waals surface area contributed by atoms with E-state index in [0.717, 1.165) is 19.3 Å². The Morgan fingerprint density at radius 3 is 2.39 bits per heavy atom. The standard InChI is InChI=1S/C25H31N3O3/c1-4-5-8-19-11-13-20(14-12-19)26-23(29)17-28-22-10-7-6-9-21(22)24(30)27(25(28)31)16-15-18(2)3/h6-7,9-14,18H,4-5,8,15-17H2,1-3H3,(H,26,29). The average molecular weight is 422 g/mol. The minimum absolute atomic E-state index is 0.154. The Bertz CT molecular complexity index is 1160. The molecule has 2 aromatic carbocycles. The van der Waals surface area contributed by atoms with E-state index >= 15 is 0 Å². The average Bonchev–Trinajstić information content (AvgIpc) is 2.76. The zero-order chi connectivity index (χ0) is 22.4. The van der Waals surface area contributed by atoms with Gasteiger partial charge in [-0.2, -0.15) is 0 Å². The molecule has 3 aromatic rings. The largest absolute Gasteiger partial charge is 0.331 e.